The zero-order chi connectivity index (χ0) is 12.4. The predicted molar refractivity (Wildman–Crippen MR) is 72.9 cm³/mol. The fourth-order valence-corrected chi connectivity index (χ4v) is 4.16. The first-order valence-corrected chi connectivity index (χ1v) is 7.67. The van der Waals surface area contributed by atoms with Gasteiger partial charge in [0.15, 0.2) is 0 Å². The molecule has 0 bridgehead atoms. The minimum absolute atomic E-state index is 0.669. The molecule has 2 heterocycles. The van der Waals surface area contributed by atoms with Crippen molar-refractivity contribution in [1.82, 2.24) is 10.2 Å². The minimum atomic E-state index is -2.36. The van der Waals surface area contributed by atoms with Crippen molar-refractivity contribution in [3.8, 4) is 0 Å². The summed E-state index contributed by atoms with van der Waals surface area (Å²) in [4.78, 5) is 2.56. The highest BCUT2D eigenvalue weighted by Crippen LogP contribution is 2.39. The number of rotatable bonds is 3. The van der Waals surface area contributed by atoms with Gasteiger partial charge in [-0.3, -0.25) is 4.90 Å². The van der Waals surface area contributed by atoms with Gasteiger partial charge >= 0.3 is 0 Å². The van der Waals surface area contributed by atoms with Gasteiger partial charge in [0.1, 0.15) is 6.04 Å². The van der Waals surface area contributed by atoms with Gasteiger partial charge in [0.25, 0.3) is 6.43 Å². The number of hydrogen-bond donors (Lipinski definition) is 1. The van der Waals surface area contributed by atoms with E-state index in [9.17, 15) is 8.78 Å². The molecular weight excluding hydrogens is 378 g/mol. The molecule has 0 spiro atoms. The van der Waals surface area contributed by atoms with Crippen LogP contribution in [0.15, 0.2) is 14.3 Å². The lowest BCUT2D eigenvalue weighted by atomic mass is 10.2. The van der Waals surface area contributed by atoms with Crippen molar-refractivity contribution in [3.63, 3.8) is 0 Å². The van der Waals surface area contributed by atoms with Crippen molar-refractivity contribution < 1.29 is 8.78 Å². The van der Waals surface area contributed by atoms with E-state index in [1.165, 1.54) is 11.3 Å². The van der Waals surface area contributed by atoms with E-state index in [2.05, 4.69) is 37.2 Å². The molecule has 2 nitrogen and oxygen atoms in total. The van der Waals surface area contributed by atoms with Crippen molar-refractivity contribution in [2.24, 2.45) is 0 Å². The molecule has 0 unspecified atom stereocenters. The number of nitrogens with one attached hydrogen (secondary N) is 1. The van der Waals surface area contributed by atoms with Crippen LogP contribution in [-0.2, 0) is 0 Å². The van der Waals surface area contributed by atoms with Crippen LogP contribution in [0.5, 0.6) is 0 Å². The van der Waals surface area contributed by atoms with E-state index >= 15 is 0 Å². The summed E-state index contributed by atoms with van der Waals surface area (Å²) in [5.41, 5.74) is 0. The Morgan fingerprint density at radius 2 is 1.94 bits per heavy atom. The van der Waals surface area contributed by atoms with Crippen molar-refractivity contribution >= 4 is 43.2 Å². The molecule has 1 saturated heterocycles. The Morgan fingerprint density at radius 3 is 2.41 bits per heavy atom. The van der Waals surface area contributed by atoms with Crippen molar-refractivity contribution in [3.05, 3.63) is 19.2 Å². The lowest BCUT2D eigenvalue weighted by Crippen LogP contribution is -2.46. The first kappa shape index (κ1) is 13.9. The van der Waals surface area contributed by atoms with E-state index < -0.39 is 12.5 Å². The van der Waals surface area contributed by atoms with Gasteiger partial charge in [-0.1, -0.05) is 0 Å². The molecule has 96 valence electrons. The van der Waals surface area contributed by atoms with Crippen LogP contribution in [0, 0.1) is 0 Å². The fourth-order valence-electron chi connectivity index (χ4n) is 1.93. The van der Waals surface area contributed by atoms with Gasteiger partial charge in [0, 0.05) is 35.5 Å². The van der Waals surface area contributed by atoms with Crippen molar-refractivity contribution in [2.45, 2.75) is 12.5 Å². The maximum absolute atomic E-state index is 13.2. The molecule has 0 aromatic carbocycles. The highest BCUT2D eigenvalue weighted by molar-refractivity contribution is 9.13. The topological polar surface area (TPSA) is 15.3 Å². The molecule has 0 aliphatic carbocycles. The number of thiophene rings is 1. The van der Waals surface area contributed by atoms with E-state index in [1.54, 1.807) is 6.07 Å². The maximum atomic E-state index is 13.2. The predicted octanol–water partition coefficient (Wildman–Crippen LogP) is 3.48. The first-order valence-electron chi connectivity index (χ1n) is 5.27. The van der Waals surface area contributed by atoms with Crippen LogP contribution >= 0.6 is 43.2 Å². The normalized spacial score (nSPS) is 19.8. The van der Waals surface area contributed by atoms with Crippen molar-refractivity contribution in [2.75, 3.05) is 26.2 Å². The van der Waals surface area contributed by atoms with Gasteiger partial charge < -0.3 is 5.32 Å². The quantitative estimate of drug-likeness (QED) is 0.851. The highest BCUT2D eigenvalue weighted by Gasteiger charge is 2.31. The Bertz CT molecular complexity index is 361. The van der Waals surface area contributed by atoms with Crippen LogP contribution in [0.4, 0.5) is 8.78 Å². The zero-order valence-electron chi connectivity index (χ0n) is 8.93. The summed E-state index contributed by atoms with van der Waals surface area (Å²) >= 11 is 8.07. The van der Waals surface area contributed by atoms with Crippen LogP contribution in [0.3, 0.4) is 0 Å². The summed E-state index contributed by atoms with van der Waals surface area (Å²) in [5.74, 6) is 0. The number of halogens is 4. The molecule has 1 aliphatic rings. The molecule has 0 radical (unpaired) electrons. The molecule has 0 saturated carbocycles. The van der Waals surface area contributed by atoms with E-state index in [-0.39, 0.29) is 0 Å². The second kappa shape index (κ2) is 6.06. The van der Waals surface area contributed by atoms with Gasteiger partial charge in [-0.25, -0.2) is 8.78 Å². The standard InChI is InChI=1S/C10H12Br2F2N2S/c11-6-5-7(17-9(6)12)8(10(13)14)16-3-1-15-2-4-16/h5,8,10,15H,1-4H2/t8-/m1/s1. The van der Waals surface area contributed by atoms with Gasteiger partial charge in [-0.2, -0.15) is 0 Å². The molecule has 1 fully saturated rings. The fraction of sp³-hybridized carbons (Fsp3) is 0.600. The number of piperazine rings is 1. The second-order valence-corrected chi connectivity index (χ2v) is 7.09. The Kier molecular flexibility index (Phi) is 4.94. The van der Waals surface area contributed by atoms with E-state index in [0.717, 1.165) is 21.3 Å². The lowest BCUT2D eigenvalue weighted by Gasteiger charge is -2.33. The third-order valence-electron chi connectivity index (χ3n) is 2.74. The highest BCUT2D eigenvalue weighted by atomic mass is 79.9. The van der Waals surface area contributed by atoms with E-state index in [4.69, 9.17) is 0 Å². The molecule has 1 aromatic heterocycles. The Hall–Kier alpha value is 0.440. The Morgan fingerprint density at radius 1 is 1.29 bits per heavy atom. The van der Waals surface area contributed by atoms with Crippen LogP contribution in [0.2, 0.25) is 0 Å². The molecule has 1 N–H and O–H groups in total. The summed E-state index contributed by atoms with van der Waals surface area (Å²) in [7, 11) is 0. The van der Waals surface area contributed by atoms with E-state index in [1.807, 2.05) is 4.90 Å². The largest absolute Gasteiger partial charge is 0.314 e. The zero-order valence-corrected chi connectivity index (χ0v) is 12.9. The second-order valence-electron chi connectivity index (χ2n) is 3.84. The molecule has 0 amide bonds. The van der Waals surface area contributed by atoms with Crippen LogP contribution < -0.4 is 5.32 Å². The summed E-state index contributed by atoms with van der Waals surface area (Å²) in [6, 6.07) is 0.998. The van der Waals surface area contributed by atoms with Crippen molar-refractivity contribution in [1.29, 1.82) is 0 Å². The van der Waals surface area contributed by atoms with Crippen LogP contribution in [0.1, 0.15) is 10.9 Å². The smallest absolute Gasteiger partial charge is 0.258 e. The SMILES string of the molecule is FC(F)[C@@H](c1cc(Br)c(Br)s1)N1CCNCC1. The average Bonchev–Trinajstić information content (AvgIpc) is 2.60. The maximum Gasteiger partial charge on any atom is 0.258 e. The monoisotopic (exact) mass is 388 g/mol. The molecular formula is C10H12Br2F2N2S. The molecule has 1 atom stereocenters. The lowest BCUT2D eigenvalue weighted by molar-refractivity contribution is 0.0200. The first-order chi connectivity index (χ1) is 8.09. The Balaban J connectivity index is 2.21. The van der Waals surface area contributed by atoms with Crippen LogP contribution in [0.25, 0.3) is 0 Å². The average molecular weight is 390 g/mol. The summed E-state index contributed by atoms with van der Waals surface area (Å²) in [6.07, 6.45) is -2.36. The number of alkyl halides is 2. The third kappa shape index (κ3) is 3.26. The Labute approximate surface area is 120 Å². The molecule has 17 heavy (non-hydrogen) atoms. The third-order valence-corrected chi connectivity index (χ3v) is 6.07. The molecule has 1 aromatic rings. The van der Waals surface area contributed by atoms with Gasteiger partial charge in [-0.05, 0) is 37.9 Å². The summed E-state index contributed by atoms with van der Waals surface area (Å²) in [6.45, 7) is 2.89. The molecule has 2 rings (SSSR count). The van der Waals surface area contributed by atoms with Gasteiger partial charge in [0.05, 0.1) is 3.79 Å². The molecule has 1 aliphatic heterocycles. The molecule has 7 heteroatoms. The number of nitrogens with zero attached hydrogens (tertiary/aromatic N) is 1. The number of hydrogen-bond acceptors (Lipinski definition) is 3. The van der Waals surface area contributed by atoms with Gasteiger partial charge in [-0.15, -0.1) is 11.3 Å². The summed E-state index contributed by atoms with van der Waals surface area (Å²) in [5, 5.41) is 3.17. The minimum Gasteiger partial charge on any atom is -0.314 e. The summed E-state index contributed by atoms with van der Waals surface area (Å²) < 4.78 is 28.2. The van der Waals surface area contributed by atoms with Crippen LogP contribution in [-0.4, -0.2) is 37.5 Å². The van der Waals surface area contributed by atoms with E-state index in [0.29, 0.717) is 18.0 Å². The van der Waals surface area contributed by atoms with Gasteiger partial charge in [0.2, 0.25) is 0 Å².